The Kier molecular flexibility index (Phi) is 6.12. The summed E-state index contributed by atoms with van der Waals surface area (Å²) in [5, 5.41) is 3.21. The number of piperazine rings is 1. The van der Waals surface area contributed by atoms with Gasteiger partial charge in [0.1, 0.15) is 23.9 Å². The van der Waals surface area contributed by atoms with E-state index in [9.17, 15) is 4.79 Å². The van der Waals surface area contributed by atoms with E-state index in [2.05, 4.69) is 38.6 Å². The molecule has 0 spiro atoms. The number of benzene rings is 2. The van der Waals surface area contributed by atoms with Crippen molar-refractivity contribution in [2.45, 2.75) is 46.7 Å². The third-order valence-corrected chi connectivity index (χ3v) is 7.58. The molecule has 2 aliphatic heterocycles. The van der Waals surface area contributed by atoms with Gasteiger partial charge in [-0.1, -0.05) is 0 Å². The normalized spacial score (nSPS) is 16.7. The first-order valence-corrected chi connectivity index (χ1v) is 13.3. The van der Waals surface area contributed by atoms with E-state index < -0.39 is 5.82 Å². The number of nitrogens with zero attached hydrogens (tertiary/aromatic N) is 6. The van der Waals surface area contributed by atoms with E-state index in [1.54, 1.807) is 6.92 Å². The van der Waals surface area contributed by atoms with Crippen LogP contribution < -0.4 is 15.0 Å². The fraction of sp³-hybridized carbons (Fsp3) is 0.379. The van der Waals surface area contributed by atoms with Gasteiger partial charge < -0.3 is 24.4 Å². The summed E-state index contributed by atoms with van der Waals surface area (Å²) >= 11 is 0. The highest BCUT2D eigenvalue weighted by atomic mass is 19.1. The Balaban J connectivity index is 1.28. The molecule has 0 radical (unpaired) electrons. The van der Waals surface area contributed by atoms with Crippen molar-refractivity contribution >= 4 is 34.3 Å². The molecule has 2 aliphatic rings. The fourth-order valence-electron chi connectivity index (χ4n) is 5.76. The monoisotopic (exact) mass is 529 g/mol. The van der Waals surface area contributed by atoms with Gasteiger partial charge in [0, 0.05) is 49.9 Å². The second-order valence-electron chi connectivity index (χ2n) is 10.6. The SMILES string of the molecule is CC(=O)N1CCN2c3ccc(Nc4ncc(F)c(-c5cc(C)c6nc(C)n(C(C)C)c6c5)n4)cc3OCC2C1. The zero-order valence-electron chi connectivity index (χ0n) is 22.8. The van der Waals surface area contributed by atoms with Crippen LogP contribution in [0.4, 0.5) is 21.7 Å². The molecule has 1 N–H and O–H groups in total. The number of aryl methyl sites for hydroxylation is 2. The van der Waals surface area contributed by atoms with E-state index in [0.29, 0.717) is 31.2 Å². The van der Waals surface area contributed by atoms with Crippen molar-refractivity contribution in [2.24, 2.45) is 0 Å². The van der Waals surface area contributed by atoms with Gasteiger partial charge in [-0.2, -0.15) is 0 Å². The second kappa shape index (κ2) is 9.52. The van der Waals surface area contributed by atoms with Gasteiger partial charge in [0.25, 0.3) is 0 Å². The molecule has 2 aromatic carbocycles. The minimum Gasteiger partial charge on any atom is -0.489 e. The van der Waals surface area contributed by atoms with Crippen LogP contribution in [0.15, 0.2) is 36.5 Å². The molecule has 4 heterocycles. The van der Waals surface area contributed by atoms with Crippen LogP contribution in [0.5, 0.6) is 5.75 Å². The molecule has 1 unspecified atom stereocenters. The largest absolute Gasteiger partial charge is 0.489 e. The van der Waals surface area contributed by atoms with Crippen molar-refractivity contribution in [2.75, 3.05) is 36.5 Å². The molecule has 1 atom stereocenters. The molecular formula is C29H32FN7O2. The lowest BCUT2D eigenvalue weighted by Crippen LogP contribution is -2.58. The zero-order valence-corrected chi connectivity index (χ0v) is 22.8. The first kappa shape index (κ1) is 25.1. The molecule has 1 amide bonds. The van der Waals surface area contributed by atoms with Crippen LogP contribution >= 0.6 is 0 Å². The highest BCUT2D eigenvalue weighted by molar-refractivity contribution is 5.85. The minimum atomic E-state index is -0.490. The molecule has 0 saturated carbocycles. The summed E-state index contributed by atoms with van der Waals surface area (Å²) < 4.78 is 23.2. The Hall–Kier alpha value is -4.21. The Morgan fingerprint density at radius 2 is 1.97 bits per heavy atom. The number of anilines is 3. The average molecular weight is 530 g/mol. The highest BCUT2D eigenvalue weighted by Crippen LogP contribution is 2.38. The van der Waals surface area contributed by atoms with Crippen molar-refractivity contribution in [1.29, 1.82) is 0 Å². The maximum Gasteiger partial charge on any atom is 0.227 e. The quantitative estimate of drug-likeness (QED) is 0.398. The molecule has 10 heteroatoms. The van der Waals surface area contributed by atoms with Crippen molar-refractivity contribution in [3.8, 4) is 17.0 Å². The van der Waals surface area contributed by atoms with Gasteiger partial charge in [0.15, 0.2) is 5.82 Å². The number of hydrogen-bond acceptors (Lipinski definition) is 7. The molecule has 9 nitrogen and oxygen atoms in total. The summed E-state index contributed by atoms with van der Waals surface area (Å²) in [7, 11) is 0. The van der Waals surface area contributed by atoms with Crippen molar-refractivity contribution in [1.82, 2.24) is 24.4 Å². The number of ether oxygens (including phenoxy) is 1. The number of halogens is 1. The molecule has 2 aromatic heterocycles. The Bertz CT molecular complexity index is 1600. The lowest BCUT2D eigenvalue weighted by atomic mass is 10.1. The first-order valence-electron chi connectivity index (χ1n) is 13.3. The molecule has 6 rings (SSSR count). The van der Waals surface area contributed by atoms with Gasteiger partial charge in [0.2, 0.25) is 11.9 Å². The lowest BCUT2D eigenvalue weighted by molar-refractivity contribution is -0.129. The standard InChI is InChI=1S/C29H32FN7O2/c1-16(2)37-18(4)32-27-17(3)10-20(11-25(27)37)28-23(30)13-31-29(34-28)33-21-6-7-24-26(12-21)39-15-22-14-35(19(5)38)8-9-36(22)24/h6-7,10-13,16,22H,8-9,14-15H2,1-5H3,(H,31,33,34). The topological polar surface area (TPSA) is 88.4 Å². The third-order valence-electron chi connectivity index (χ3n) is 7.58. The third kappa shape index (κ3) is 4.43. The van der Waals surface area contributed by atoms with Crippen LogP contribution in [0.2, 0.25) is 0 Å². The maximum atomic E-state index is 15.0. The van der Waals surface area contributed by atoms with Crippen LogP contribution in [-0.4, -0.2) is 62.6 Å². The molecule has 1 saturated heterocycles. The summed E-state index contributed by atoms with van der Waals surface area (Å²) in [5.74, 6) is 1.58. The Morgan fingerprint density at radius 1 is 1.15 bits per heavy atom. The van der Waals surface area contributed by atoms with E-state index in [-0.39, 0.29) is 23.7 Å². The number of amides is 1. The highest BCUT2D eigenvalue weighted by Gasteiger charge is 2.33. The zero-order chi connectivity index (χ0) is 27.4. The van der Waals surface area contributed by atoms with Crippen LogP contribution in [0.3, 0.4) is 0 Å². The molecular weight excluding hydrogens is 497 g/mol. The van der Waals surface area contributed by atoms with Gasteiger partial charge in [-0.3, -0.25) is 4.79 Å². The fourth-order valence-corrected chi connectivity index (χ4v) is 5.76. The Morgan fingerprint density at radius 3 is 2.74 bits per heavy atom. The molecule has 4 aromatic rings. The summed E-state index contributed by atoms with van der Waals surface area (Å²) in [6, 6.07) is 10.1. The van der Waals surface area contributed by atoms with E-state index in [0.717, 1.165) is 46.1 Å². The van der Waals surface area contributed by atoms with E-state index in [1.165, 1.54) is 6.20 Å². The number of fused-ring (bicyclic) bond motifs is 4. The summed E-state index contributed by atoms with van der Waals surface area (Å²) in [4.78, 5) is 29.5. The smallest absolute Gasteiger partial charge is 0.227 e. The predicted octanol–water partition coefficient (Wildman–Crippen LogP) is 5.00. The van der Waals surface area contributed by atoms with E-state index in [1.807, 2.05) is 49.1 Å². The van der Waals surface area contributed by atoms with E-state index >= 15 is 4.39 Å². The molecule has 0 aliphatic carbocycles. The number of aromatic nitrogens is 4. The van der Waals surface area contributed by atoms with Gasteiger partial charge >= 0.3 is 0 Å². The van der Waals surface area contributed by atoms with Crippen LogP contribution in [0.1, 0.15) is 38.2 Å². The first-order chi connectivity index (χ1) is 18.7. The molecule has 0 bridgehead atoms. The summed E-state index contributed by atoms with van der Waals surface area (Å²) in [6.07, 6.45) is 1.20. The maximum absolute atomic E-state index is 15.0. The molecule has 1 fully saturated rings. The number of carbonyl (C=O) groups excluding carboxylic acids is 1. The molecule has 39 heavy (non-hydrogen) atoms. The average Bonchev–Trinajstić information content (AvgIpc) is 3.25. The molecule has 202 valence electrons. The number of rotatable bonds is 4. The summed E-state index contributed by atoms with van der Waals surface area (Å²) in [5.41, 5.74) is 5.48. The van der Waals surface area contributed by atoms with Gasteiger partial charge in [-0.25, -0.2) is 19.3 Å². The van der Waals surface area contributed by atoms with Gasteiger partial charge in [-0.15, -0.1) is 0 Å². The summed E-state index contributed by atoms with van der Waals surface area (Å²) in [6.45, 7) is 12.4. The van der Waals surface area contributed by atoms with Crippen molar-refractivity contribution in [3.05, 3.63) is 53.7 Å². The number of nitrogens with one attached hydrogen (secondary N) is 1. The predicted molar refractivity (Wildman–Crippen MR) is 149 cm³/mol. The minimum absolute atomic E-state index is 0.0920. The van der Waals surface area contributed by atoms with Gasteiger partial charge in [0.05, 0.1) is 29.0 Å². The van der Waals surface area contributed by atoms with Crippen LogP contribution in [-0.2, 0) is 4.79 Å². The second-order valence-corrected chi connectivity index (χ2v) is 10.6. The Labute approximate surface area is 226 Å². The number of hydrogen-bond donors (Lipinski definition) is 1. The van der Waals surface area contributed by atoms with E-state index in [4.69, 9.17) is 9.72 Å². The van der Waals surface area contributed by atoms with Crippen LogP contribution in [0.25, 0.3) is 22.3 Å². The number of imidazole rings is 1. The lowest BCUT2D eigenvalue weighted by Gasteiger charge is -2.45. The van der Waals surface area contributed by atoms with Crippen LogP contribution in [0, 0.1) is 19.7 Å². The van der Waals surface area contributed by atoms with Crippen molar-refractivity contribution in [3.63, 3.8) is 0 Å². The number of carbonyl (C=O) groups is 1. The van der Waals surface area contributed by atoms with Crippen molar-refractivity contribution < 1.29 is 13.9 Å². The van der Waals surface area contributed by atoms with Gasteiger partial charge in [-0.05, 0) is 57.5 Å².